The zero-order valence-corrected chi connectivity index (χ0v) is 20.7. The number of hydrogen-bond acceptors (Lipinski definition) is 5. The van der Waals surface area contributed by atoms with Crippen LogP contribution in [0.25, 0.3) is 22.0 Å². The molecule has 1 aliphatic heterocycles. The zero-order valence-electron chi connectivity index (χ0n) is 19.9. The topological polar surface area (TPSA) is 111 Å². The van der Waals surface area contributed by atoms with Gasteiger partial charge < -0.3 is 9.84 Å². The second-order valence-corrected chi connectivity index (χ2v) is 10.5. The standard InChI is InChI=1S/C27H25N3O5S/c1-3-21(17-7-6-8-20(11-17)29-36(2,33)34)27-22-9-4-5-10-25(22)35-16-19-13-24-18(12-23(19)27)14-28-30(24)15-26(31)32/h4-14,29H,3,15-16H2,1-2H3,(H,31,32)/b27-21+. The van der Waals surface area contributed by atoms with Crippen LogP contribution in [-0.2, 0) is 28.0 Å². The van der Waals surface area contributed by atoms with E-state index in [2.05, 4.69) is 16.7 Å². The van der Waals surface area contributed by atoms with E-state index in [1.54, 1.807) is 12.3 Å². The molecule has 36 heavy (non-hydrogen) atoms. The Morgan fingerprint density at radius 3 is 2.67 bits per heavy atom. The van der Waals surface area contributed by atoms with Crippen molar-refractivity contribution in [2.24, 2.45) is 0 Å². The van der Waals surface area contributed by atoms with Crippen LogP contribution in [-0.4, -0.2) is 35.5 Å². The number of anilines is 1. The Hall–Kier alpha value is -4.11. The average molecular weight is 504 g/mol. The molecule has 184 valence electrons. The van der Waals surface area contributed by atoms with Gasteiger partial charge in [-0.3, -0.25) is 14.2 Å². The molecule has 0 saturated carbocycles. The maximum atomic E-state index is 11.8. The quantitative estimate of drug-likeness (QED) is 0.393. The molecule has 0 fully saturated rings. The van der Waals surface area contributed by atoms with Gasteiger partial charge in [-0.05, 0) is 64.6 Å². The number of ether oxygens (including phenoxy) is 1. The Bertz CT molecular complexity index is 1640. The molecule has 3 aromatic carbocycles. The number of carbonyl (C=O) groups is 1. The van der Waals surface area contributed by atoms with Gasteiger partial charge >= 0.3 is 5.97 Å². The fraction of sp³-hybridized carbons (Fsp3) is 0.185. The molecule has 0 saturated heterocycles. The van der Waals surface area contributed by atoms with Crippen LogP contribution in [0, 0.1) is 0 Å². The summed E-state index contributed by atoms with van der Waals surface area (Å²) in [5, 5.41) is 14.4. The SMILES string of the molecule is CC/C(=C1\c2cc3cnn(CC(=O)O)c3cc2COc2ccccc21)c1cccc(NS(C)(=O)=O)c1. The summed E-state index contributed by atoms with van der Waals surface area (Å²) in [5.41, 5.74) is 6.96. The summed E-state index contributed by atoms with van der Waals surface area (Å²) in [4.78, 5) is 11.3. The van der Waals surface area contributed by atoms with E-state index in [1.165, 1.54) is 4.68 Å². The molecule has 8 nitrogen and oxygen atoms in total. The highest BCUT2D eigenvalue weighted by molar-refractivity contribution is 7.92. The summed E-state index contributed by atoms with van der Waals surface area (Å²) < 4.78 is 33.9. The summed E-state index contributed by atoms with van der Waals surface area (Å²) in [6.07, 6.45) is 3.49. The number of hydrogen-bond donors (Lipinski definition) is 2. The molecule has 0 atom stereocenters. The van der Waals surface area contributed by atoms with Crippen molar-refractivity contribution < 1.29 is 23.1 Å². The van der Waals surface area contributed by atoms with Crippen LogP contribution in [0.3, 0.4) is 0 Å². The zero-order chi connectivity index (χ0) is 25.4. The summed E-state index contributed by atoms with van der Waals surface area (Å²) in [6.45, 7) is 2.15. The average Bonchev–Trinajstić information content (AvgIpc) is 3.12. The lowest BCUT2D eigenvalue weighted by molar-refractivity contribution is -0.137. The molecule has 4 aromatic rings. The monoisotopic (exact) mass is 503 g/mol. The van der Waals surface area contributed by atoms with Gasteiger partial charge in [0.15, 0.2) is 0 Å². The molecule has 0 spiro atoms. The number of carboxylic acid groups (broad SMARTS) is 1. The second-order valence-electron chi connectivity index (χ2n) is 8.71. The van der Waals surface area contributed by atoms with Crippen molar-refractivity contribution in [2.45, 2.75) is 26.5 Å². The van der Waals surface area contributed by atoms with E-state index < -0.39 is 16.0 Å². The van der Waals surface area contributed by atoms with Gasteiger partial charge in [-0.1, -0.05) is 37.3 Å². The van der Waals surface area contributed by atoms with Crippen LogP contribution >= 0.6 is 0 Å². The van der Waals surface area contributed by atoms with Crippen molar-refractivity contribution >= 4 is 43.7 Å². The van der Waals surface area contributed by atoms with Crippen LogP contribution < -0.4 is 9.46 Å². The van der Waals surface area contributed by atoms with Crippen LogP contribution in [0.5, 0.6) is 5.75 Å². The first-order valence-corrected chi connectivity index (χ1v) is 13.4. The van der Waals surface area contributed by atoms with E-state index in [1.807, 2.05) is 54.6 Å². The molecular formula is C27H25N3O5S. The fourth-order valence-electron chi connectivity index (χ4n) is 4.71. The number of nitrogens with zero attached hydrogens (tertiary/aromatic N) is 2. The van der Waals surface area contributed by atoms with Crippen LogP contribution in [0.1, 0.15) is 35.6 Å². The summed E-state index contributed by atoms with van der Waals surface area (Å²) in [5.74, 6) is -0.216. The van der Waals surface area contributed by atoms with Gasteiger partial charge in [0, 0.05) is 16.6 Å². The van der Waals surface area contributed by atoms with E-state index in [9.17, 15) is 18.3 Å². The van der Waals surface area contributed by atoms with Crippen LogP contribution in [0.4, 0.5) is 5.69 Å². The van der Waals surface area contributed by atoms with E-state index in [-0.39, 0.29) is 6.54 Å². The van der Waals surface area contributed by atoms with Gasteiger partial charge in [-0.25, -0.2) is 8.42 Å². The molecule has 0 bridgehead atoms. The lowest BCUT2D eigenvalue weighted by Gasteiger charge is -2.18. The van der Waals surface area contributed by atoms with E-state index in [4.69, 9.17) is 4.74 Å². The minimum absolute atomic E-state index is 0.230. The number of benzene rings is 3. The minimum atomic E-state index is -3.42. The molecule has 0 aliphatic carbocycles. The Kier molecular flexibility index (Phi) is 6.01. The maximum Gasteiger partial charge on any atom is 0.325 e. The van der Waals surface area contributed by atoms with Gasteiger partial charge in [0.05, 0.1) is 18.0 Å². The van der Waals surface area contributed by atoms with Crippen molar-refractivity contribution in [3.05, 3.63) is 89.1 Å². The number of aliphatic carboxylic acids is 1. The number of nitrogens with one attached hydrogen (secondary N) is 1. The largest absolute Gasteiger partial charge is 0.488 e. The number of para-hydroxylation sites is 1. The first kappa shape index (κ1) is 23.6. The summed E-state index contributed by atoms with van der Waals surface area (Å²) in [6, 6.07) is 19.2. The number of allylic oxidation sites excluding steroid dienone is 1. The number of aromatic nitrogens is 2. The summed E-state index contributed by atoms with van der Waals surface area (Å²) in [7, 11) is -3.42. The highest BCUT2D eigenvalue weighted by atomic mass is 32.2. The first-order chi connectivity index (χ1) is 17.2. The Balaban J connectivity index is 1.78. The molecule has 0 amide bonds. The third kappa shape index (κ3) is 4.57. The Labute approximate surface area is 208 Å². The van der Waals surface area contributed by atoms with Crippen molar-refractivity contribution in [2.75, 3.05) is 11.0 Å². The molecule has 5 rings (SSSR count). The normalized spacial score (nSPS) is 14.4. The highest BCUT2D eigenvalue weighted by Gasteiger charge is 2.24. The molecule has 1 aliphatic rings. The number of carboxylic acids is 1. The third-order valence-corrected chi connectivity index (χ3v) is 6.74. The molecule has 2 heterocycles. The second kappa shape index (κ2) is 9.16. The summed E-state index contributed by atoms with van der Waals surface area (Å²) >= 11 is 0. The minimum Gasteiger partial charge on any atom is -0.488 e. The van der Waals surface area contributed by atoms with Gasteiger partial charge in [-0.15, -0.1) is 0 Å². The number of sulfonamides is 1. The predicted molar refractivity (Wildman–Crippen MR) is 139 cm³/mol. The molecule has 2 N–H and O–H groups in total. The Morgan fingerprint density at radius 2 is 1.92 bits per heavy atom. The number of rotatable bonds is 6. The first-order valence-electron chi connectivity index (χ1n) is 11.5. The fourth-order valence-corrected chi connectivity index (χ4v) is 5.27. The molecule has 1 aromatic heterocycles. The Morgan fingerprint density at radius 1 is 1.11 bits per heavy atom. The smallest absolute Gasteiger partial charge is 0.325 e. The van der Waals surface area contributed by atoms with E-state index in [0.717, 1.165) is 56.3 Å². The van der Waals surface area contributed by atoms with Crippen molar-refractivity contribution in [1.82, 2.24) is 9.78 Å². The third-order valence-electron chi connectivity index (χ3n) is 6.13. The van der Waals surface area contributed by atoms with Crippen molar-refractivity contribution in [3.8, 4) is 5.75 Å². The molecule has 0 unspecified atom stereocenters. The van der Waals surface area contributed by atoms with E-state index >= 15 is 0 Å². The maximum absolute atomic E-state index is 11.8. The van der Waals surface area contributed by atoms with Crippen molar-refractivity contribution in [1.29, 1.82) is 0 Å². The van der Waals surface area contributed by atoms with Gasteiger partial charge in [0.25, 0.3) is 0 Å². The van der Waals surface area contributed by atoms with Crippen LogP contribution in [0.2, 0.25) is 0 Å². The van der Waals surface area contributed by atoms with Crippen molar-refractivity contribution in [3.63, 3.8) is 0 Å². The number of fused-ring (bicyclic) bond motifs is 3. The van der Waals surface area contributed by atoms with Gasteiger partial charge in [0.2, 0.25) is 10.0 Å². The van der Waals surface area contributed by atoms with Gasteiger partial charge in [0.1, 0.15) is 18.9 Å². The lowest BCUT2D eigenvalue weighted by Crippen LogP contribution is -2.10. The van der Waals surface area contributed by atoms with Crippen LogP contribution in [0.15, 0.2) is 66.9 Å². The molecule has 9 heteroatoms. The predicted octanol–water partition coefficient (Wildman–Crippen LogP) is 4.75. The lowest BCUT2D eigenvalue weighted by atomic mass is 9.86. The molecule has 0 radical (unpaired) electrons. The van der Waals surface area contributed by atoms with E-state index in [0.29, 0.717) is 18.7 Å². The molecular weight excluding hydrogens is 478 g/mol. The van der Waals surface area contributed by atoms with Gasteiger partial charge in [-0.2, -0.15) is 5.10 Å². The highest BCUT2D eigenvalue weighted by Crippen LogP contribution is 2.43.